The Hall–Kier alpha value is -1.84. The van der Waals surface area contributed by atoms with Crippen molar-refractivity contribution in [2.75, 3.05) is 7.11 Å². The Kier molecular flexibility index (Phi) is 2.22. The van der Waals surface area contributed by atoms with Crippen molar-refractivity contribution >= 4 is 17.0 Å². The molecule has 0 aliphatic heterocycles. The number of nitrogens with zero attached hydrogens (tertiary/aromatic N) is 1. The van der Waals surface area contributed by atoms with Gasteiger partial charge in [-0.05, 0) is 36.8 Å². The first-order valence-corrected chi connectivity index (χ1v) is 6.86. The van der Waals surface area contributed by atoms with Crippen LogP contribution in [0.4, 0.5) is 0 Å². The number of imidazole rings is 1. The van der Waals surface area contributed by atoms with Gasteiger partial charge in [-0.15, -0.1) is 0 Å². The summed E-state index contributed by atoms with van der Waals surface area (Å²) in [6.07, 6.45) is 4.02. The van der Waals surface area contributed by atoms with Crippen molar-refractivity contribution in [3.05, 3.63) is 29.6 Å². The molecule has 4 heteroatoms. The van der Waals surface area contributed by atoms with Crippen LogP contribution >= 0.6 is 0 Å². The molecule has 0 amide bonds. The van der Waals surface area contributed by atoms with Gasteiger partial charge in [0.15, 0.2) is 0 Å². The Balaban J connectivity index is 1.77. The van der Waals surface area contributed by atoms with Crippen molar-refractivity contribution in [3.8, 4) is 0 Å². The van der Waals surface area contributed by atoms with E-state index < -0.39 is 0 Å². The maximum Gasteiger partial charge on any atom is 0.340 e. The molecule has 4 nitrogen and oxygen atoms in total. The topological polar surface area (TPSA) is 55.0 Å². The number of benzene rings is 1. The van der Waals surface area contributed by atoms with Crippen LogP contribution in [0.2, 0.25) is 0 Å². The number of H-pyrrole nitrogens is 1. The third-order valence-electron chi connectivity index (χ3n) is 4.66. The summed E-state index contributed by atoms with van der Waals surface area (Å²) in [4.78, 5) is 19.8. The number of ether oxygens (including phenoxy) is 1. The van der Waals surface area contributed by atoms with Crippen molar-refractivity contribution in [1.29, 1.82) is 0 Å². The first-order chi connectivity index (χ1) is 9.29. The fraction of sp³-hybridized carbons (Fsp3) is 0.467. The molecule has 2 aliphatic rings. The third kappa shape index (κ3) is 1.52. The zero-order chi connectivity index (χ0) is 13.0. The number of carbonyl (C=O) groups excluding carboxylic acids is 1. The Bertz CT molecular complexity index is 651. The zero-order valence-electron chi connectivity index (χ0n) is 10.8. The van der Waals surface area contributed by atoms with Gasteiger partial charge in [0.05, 0.1) is 18.2 Å². The van der Waals surface area contributed by atoms with E-state index in [2.05, 4.69) is 9.97 Å². The minimum atomic E-state index is -0.320. The van der Waals surface area contributed by atoms with Crippen LogP contribution in [0, 0.1) is 11.8 Å². The number of nitrogens with one attached hydrogen (secondary N) is 1. The highest BCUT2D eigenvalue weighted by atomic mass is 16.5. The van der Waals surface area contributed by atoms with E-state index in [1.807, 2.05) is 12.1 Å². The van der Waals surface area contributed by atoms with Gasteiger partial charge >= 0.3 is 5.97 Å². The van der Waals surface area contributed by atoms with Crippen LogP contribution in [0.15, 0.2) is 18.2 Å². The van der Waals surface area contributed by atoms with Gasteiger partial charge < -0.3 is 9.72 Å². The van der Waals surface area contributed by atoms with E-state index in [4.69, 9.17) is 4.74 Å². The molecular formula is C15H16N2O2. The molecule has 1 N–H and O–H groups in total. The van der Waals surface area contributed by atoms with Crippen LogP contribution in [0.5, 0.6) is 0 Å². The van der Waals surface area contributed by atoms with Crippen LogP contribution in [0.25, 0.3) is 11.0 Å². The molecule has 2 aliphatic carbocycles. The van der Waals surface area contributed by atoms with Crippen molar-refractivity contribution in [1.82, 2.24) is 9.97 Å². The number of hydrogen-bond donors (Lipinski definition) is 1. The second-order valence-electron chi connectivity index (χ2n) is 5.60. The van der Waals surface area contributed by atoms with Crippen LogP contribution in [-0.4, -0.2) is 23.0 Å². The summed E-state index contributed by atoms with van der Waals surface area (Å²) in [5.74, 6) is 2.97. The van der Waals surface area contributed by atoms with Gasteiger partial charge in [0, 0.05) is 5.92 Å². The molecule has 0 bridgehead atoms. The molecule has 2 atom stereocenters. The largest absolute Gasteiger partial charge is 0.465 e. The molecule has 0 radical (unpaired) electrons. The highest BCUT2D eigenvalue weighted by Crippen LogP contribution is 2.62. The quantitative estimate of drug-likeness (QED) is 0.840. The van der Waals surface area contributed by atoms with Gasteiger partial charge in [-0.3, -0.25) is 0 Å². The molecule has 0 saturated heterocycles. The summed E-state index contributed by atoms with van der Waals surface area (Å²) >= 11 is 0. The lowest BCUT2D eigenvalue weighted by molar-refractivity contribution is 0.0603. The van der Waals surface area contributed by atoms with E-state index in [0.29, 0.717) is 11.5 Å². The molecule has 4 rings (SSSR count). The first kappa shape index (κ1) is 11.0. The van der Waals surface area contributed by atoms with E-state index in [1.54, 1.807) is 6.07 Å². The van der Waals surface area contributed by atoms with Crippen LogP contribution in [0.1, 0.15) is 41.4 Å². The minimum absolute atomic E-state index is 0.320. The fourth-order valence-electron chi connectivity index (χ4n) is 3.71. The Morgan fingerprint density at radius 3 is 2.89 bits per heavy atom. The van der Waals surface area contributed by atoms with E-state index in [0.717, 1.165) is 28.7 Å². The standard InChI is InChI=1S/C15H16N2O2/c1-19-15(18)10-6-3-7-11-13(10)17-14(16-11)12-8-4-2-5-9(8)12/h3,6-9,12H,2,4-5H2,1H3,(H,16,17). The SMILES string of the molecule is COC(=O)c1cccc2[nH]c(C3C4CCCC43)nc12. The molecule has 19 heavy (non-hydrogen) atoms. The normalized spacial score (nSPS) is 28.4. The highest BCUT2D eigenvalue weighted by Gasteiger charge is 2.54. The average Bonchev–Trinajstić information content (AvgIpc) is 2.85. The number of aromatic amines is 1. The summed E-state index contributed by atoms with van der Waals surface area (Å²) in [5, 5.41) is 0. The summed E-state index contributed by atoms with van der Waals surface area (Å²) < 4.78 is 4.81. The molecule has 2 aromatic rings. The van der Waals surface area contributed by atoms with E-state index in [1.165, 1.54) is 26.4 Å². The van der Waals surface area contributed by atoms with Gasteiger partial charge in [-0.1, -0.05) is 12.5 Å². The molecule has 2 unspecified atom stereocenters. The second-order valence-corrected chi connectivity index (χ2v) is 5.60. The molecule has 1 aromatic heterocycles. The predicted molar refractivity (Wildman–Crippen MR) is 71.0 cm³/mol. The lowest BCUT2D eigenvalue weighted by atomic mass is 10.1. The molecule has 98 valence electrons. The van der Waals surface area contributed by atoms with Crippen molar-refractivity contribution in [2.45, 2.75) is 25.2 Å². The lowest BCUT2D eigenvalue weighted by Gasteiger charge is -1.98. The summed E-state index contributed by atoms with van der Waals surface area (Å²) in [6.45, 7) is 0. The van der Waals surface area contributed by atoms with E-state index in [9.17, 15) is 4.79 Å². The van der Waals surface area contributed by atoms with Crippen LogP contribution < -0.4 is 0 Å². The summed E-state index contributed by atoms with van der Waals surface area (Å²) in [6, 6.07) is 5.60. The number of fused-ring (bicyclic) bond motifs is 2. The van der Waals surface area contributed by atoms with Gasteiger partial charge in [-0.2, -0.15) is 0 Å². The number of para-hydroxylation sites is 1. The molecule has 1 aromatic carbocycles. The second kappa shape index (κ2) is 3.83. The number of carbonyl (C=O) groups is 1. The predicted octanol–water partition coefficient (Wildman–Crippen LogP) is 2.86. The van der Waals surface area contributed by atoms with Gasteiger partial charge in [-0.25, -0.2) is 9.78 Å². The fourth-order valence-corrected chi connectivity index (χ4v) is 3.71. The average molecular weight is 256 g/mol. The smallest absolute Gasteiger partial charge is 0.340 e. The number of aromatic nitrogens is 2. The van der Waals surface area contributed by atoms with Crippen LogP contribution in [0.3, 0.4) is 0 Å². The minimum Gasteiger partial charge on any atom is -0.465 e. The van der Waals surface area contributed by atoms with E-state index in [-0.39, 0.29) is 5.97 Å². The zero-order valence-corrected chi connectivity index (χ0v) is 10.8. The highest BCUT2D eigenvalue weighted by molar-refractivity contribution is 6.01. The van der Waals surface area contributed by atoms with E-state index >= 15 is 0 Å². The molecular weight excluding hydrogens is 240 g/mol. The van der Waals surface area contributed by atoms with Crippen LogP contribution in [-0.2, 0) is 4.74 Å². The number of methoxy groups -OCH3 is 1. The first-order valence-electron chi connectivity index (χ1n) is 6.86. The molecule has 0 spiro atoms. The summed E-state index contributed by atoms with van der Waals surface area (Å²) in [5.41, 5.74) is 2.23. The Morgan fingerprint density at radius 1 is 1.37 bits per heavy atom. The molecule has 1 heterocycles. The van der Waals surface area contributed by atoms with Crippen molar-refractivity contribution in [2.24, 2.45) is 11.8 Å². The molecule has 2 fully saturated rings. The van der Waals surface area contributed by atoms with Crippen molar-refractivity contribution < 1.29 is 9.53 Å². The maximum absolute atomic E-state index is 11.7. The van der Waals surface area contributed by atoms with Gasteiger partial charge in [0.25, 0.3) is 0 Å². The van der Waals surface area contributed by atoms with Gasteiger partial charge in [0.2, 0.25) is 0 Å². The maximum atomic E-state index is 11.7. The summed E-state index contributed by atoms with van der Waals surface area (Å²) in [7, 11) is 1.40. The number of esters is 1. The van der Waals surface area contributed by atoms with Gasteiger partial charge in [0.1, 0.15) is 11.3 Å². The lowest BCUT2D eigenvalue weighted by Crippen LogP contribution is -2.01. The number of rotatable bonds is 2. The third-order valence-corrected chi connectivity index (χ3v) is 4.66. The Labute approximate surface area is 111 Å². The molecule has 2 saturated carbocycles. The van der Waals surface area contributed by atoms with Crippen molar-refractivity contribution in [3.63, 3.8) is 0 Å². The Morgan fingerprint density at radius 2 is 2.16 bits per heavy atom. The number of hydrogen-bond acceptors (Lipinski definition) is 3. The monoisotopic (exact) mass is 256 g/mol.